The summed E-state index contributed by atoms with van der Waals surface area (Å²) in [6.07, 6.45) is 4.45. The summed E-state index contributed by atoms with van der Waals surface area (Å²) in [5, 5.41) is 1.15. The lowest BCUT2D eigenvalue weighted by atomic mass is 10.0. The molecule has 1 nitrogen and oxygen atoms in total. The molecule has 1 atom stereocenters. The van der Waals surface area contributed by atoms with E-state index in [0.717, 1.165) is 18.4 Å². The molecule has 0 heterocycles. The summed E-state index contributed by atoms with van der Waals surface area (Å²) >= 11 is 7.71. The van der Waals surface area contributed by atoms with Crippen LogP contribution in [0.1, 0.15) is 46.5 Å². The van der Waals surface area contributed by atoms with Crippen LogP contribution in [0.5, 0.6) is 0 Å². The molecule has 21 heavy (non-hydrogen) atoms. The maximum Gasteiger partial charge on any atom is 0.193 e. The Bertz CT molecular complexity index is 590. The molecule has 0 spiro atoms. The molecule has 1 unspecified atom stereocenters. The molecule has 0 saturated carbocycles. The number of carbonyl (C=O) groups is 1. The summed E-state index contributed by atoms with van der Waals surface area (Å²) in [4.78, 5) is 12.4. The van der Waals surface area contributed by atoms with Gasteiger partial charge in [0.25, 0.3) is 0 Å². The van der Waals surface area contributed by atoms with Gasteiger partial charge in [-0.25, -0.2) is 0 Å². The maximum atomic E-state index is 12.4. The summed E-state index contributed by atoms with van der Waals surface area (Å²) in [5.41, 5.74) is 2.68. The minimum Gasteiger partial charge on any atom is -0.289 e. The van der Waals surface area contributed by atoms with E-state index in [1.54, 1.807) is 24.3 Å². The highest BCUT2D eigenvalue weighted by Gasteiger charge is 2.12. The van der Waals surface area contributed by atoms with Crippen LogP contribution in [0.3, 0.4) is 0 Å². The van der Waals surface area contributed by atoms with Crippen LogP contribution in [0, 0.1) is 0 Å². The third-order valence-electron chi connectivity index (χ3n) is 3.49. The van der Waals surface area contributed by atoms with Crippen LogP contribution in [0.4, 0.5) is 0 Å². The highest BCUT2D eigenvalue weighted by molar-refractivity contribution is 7.98. The molecular formula is C18H19ClOS. The van der Waals surface area contributed by atoms with E-state index >= 15 is 0 Å². The minimum absolute atomic E-state index is 0.0365. The van der Waals surface area contributed by atoms with Gasteiger partial charge in [-0.1, -0.05) is 49.2 Å². The average Bonchev–Trinajstić information content (AvgIpc) is 2.53. The van der Waals surface area contributed by atoms with E-state index in [9.17, 15) is 4.79 Å². The second-order valence-corrected chi connectivity index (χ2v) is 6.45. The van der Waals surface area contributed by atoms with E-state index < -0.39 is 0 Å². The third kappa shape index (κ3) is 4.12. The SMILES string of the molecule is CCCC(SC)c1ccc(C(=O)c2ccc(Cl)cc2)cc1. The van der Waals surface area contributed by atoms with Gasteiger partial charge in [0.05, 0.1) is 0 Å². The van der Waals surface area contributed by atoms with Gasteiger partial charge in [0.1, 0.15) is 0 Å². The van der Waals surface area contributed by atoms with Crippen LogP contribution in [0.25, 0.3) is 0 Å². The van der Waals surface area contributed by atoms with Crippen molar-refractivity contribution < 1.29 is 4.79 Å². The van der Waals surface area contributed by atoms with Crippen molar-refractivity contribution in [1.82, 2.24) is 0 Å². The van der Waals surface area contributed by atoms with Crippen molar-refractivity contribution in [1.29, 1.82) is 0 Å². The molecule has 0 aliphatic heterocycles. The molecule has 2 aromatic rings. The van der Waals surface area contributed by atoms with E-state index in [0.29, 0.717) is 15.8 Å². The summed E-state index contributed by atoms with van der Waals surface area (Å²) in [6, 6.07) is 15.0. The first-order valence-corrected chi connectivity index (χ1v) is 8.75. The molecule has 0 bridgehead atoms. The molecule has 0 fully saturated rings. The Morgan fingerprint density at radius 2 is 1.57 bits per heavy atom. The fraction of sp³-hybridized carbons (Fsp3) is 0.278. The van der Waals surface area contributed by atoms with Crippen molar-refractivity contribution >= 4 is 29.1 Å². The van der Waals surface area contributed by atoms with Gasteiger partial charge in [-0.2, -0.15) is 11.8 Å². The standard InChI is InChI=1S/C18H19ClOS/c1-3-4-17(21-2)13-5-7-14(8-6-13)18(20)15-9-11-16(19)12-10-15/h5-12,17H,3-4H2,1-2H3. The molecule has 0 aromatic heterocycles. The Morgan fingerprint density at radius 3 is 2.05 bits per heavy atom. The number of halogens is 1. The Kier molecular flexibility index (Phi) is 5.89. The van der Waals surface area contributed by atoms with Crippen LogP contribution in [-0.4, -0.2) is 12.0 Å². The largest absolute Gasteiger partial charge is 0.289 e. The Balaban J connectivity index is 2.18. The zero-order chi connectivity index (χ0) is 15.2. The minimum atomic E-state index is 0.0365. The Labute approximate surface area is 135 Å². The number of hydrogen-bond donors (Lipinski definition) is 0. The monoisotopic (exact) mass is 318 g/mol. The van der Waals surface area contributed by atoms with Crippen molar-refractivity contribution in [3.63, 3.8) is 0 Å². The number of hydrogen-bond acceptors (Lipinski definition) is 2. The molecule has 2 aromatic carbocycles. The molecule has 0 amide bonds. The predicted molar refractivity (Wildman–Crippen MR) is 92.5 cm³/mol. The van der Waals surface area contributed by atoms with E-state index in [-0.39, 0.29) is 5.78 Å². The molecule has 0 saturated heterocycles. The molecule has 2 rings (SSSR count). The predicted octanol–water partition coefficient (Wildman–Crippen LogP) is 5.78. The number of ketones is 1. The number of rotatable bonds is 6. The van der Waals surface area contributed by atoms with Crippen LogP contribution in [-0.2, 0) is 0 Å². The first-order valence-electron chi connectivity index (χ1n) is 7.08. The highest BCUT2D eigenvalue weighted by atomic mass is 35.5. The van der Waals surface area contributed by atoms with Crippen molar-refractivity contribution in [2.75, 3.05) is 6.26 Å². The average molecular weight is 319 g/mol. The molecule has 110 valence electrons. The van der Waals surface area contributed by atoms with E-state index in [1.807, 2.05) is 23.9 Å². The van der Waals surface area contributed by atoms with Crippen LogP contribution >= 0.6 is 23.4 Å². The van der Waals surface area contributed by atoms with Crippen molar-refractivity contribution in [3.8, 4) is 0 Å². The van der Waals surface area contributed by atoms with Crippen molar-refractivity contribution in [3.05, 3.63) is 70.2 Å². The van der Waals surface area contributed by atoms with Gasteiger partial charge in [0, 0.05) is 21.4 Å². The van der Waals surface area contributed by atoms with Gasteiger partial charge < -0.3 is 0 Å². The number of benzene rings is 2. The van der Waals surface area contributed by atoms with Crippen molar-refractivity contribution in [2.24, 2.45) is 0 Å². The van der Waals surface area contributed by atoms with Crippen LogP contribution < -0.4 is 0 Å². The Morgan fingerprint density at radius 1 is 1.05 bits per heavy atom. The zero-order valence-electron chi connectivity index (χ0n) is 12.3. The van der Waals surface area contributed by atoms with Gasteiger partial charge >= 0.3 is 0 Å². The molecule has 0 N–H and O–H groups in total. The summed E-state index contributed by atoms with van der Waals surface area (Å²) in [5.74, 6) is 0.0365. The molecule has 0 radical (unpaired) electrons. The summed E-state index contributed by atoms with van der Waals surface area (Å²) in [6.45, 7) is 2.20. The van der Waals surface area contributed by atoms with Gasteiger partial charge in [0.15, 0.2) is 5.78 Å². The van der Waals surface area contributed by atoms with Crippen LogP contribution in [0.15, 0.2) is 48.5 Å². The molecule has 3 heteroatoms. The summed E-state index contributed by atoms with van der Waals surface area (Å²) < 4.78 is 0. The Hall–Kier alpha value is -1.25. The fourth-order valence-electron chi connectivity index (χ4n) is 2.30. The smallest absolute Gasteiger partial charge is 0.193 e. The summed E-state index contributed by atoms with van der Waals surface area (Å²) in [7, 11) is 0. The van der Waals surface area contributed by atoms with E-state index in [2.05, 4.69) is 25.3 Å². The highest BCUT2D eigenvalue weighted by Crippen LogP contribution is 2.31. The quantitative estimate of drug-likeness (QED) is 0.628. The van der Waals surface area contributed by atoms with Crippen molar-refractivity contribution in [2.45, 2.75) is 25.0 Å². The lowest BCUT2D eigenvalue weighted by Crippen LogP contribution is -2.02. The number of thioether (sulfide) groups is 1. The number of carbonyl (C=O) groups excluding carboxylic acids is 1. The fourth-order valence-corrected chi connectivity index (χ4v) is 3.33. The van der Waals surface area contributed by atoms with Crippen LogP contribution in [0.2, 0.25) is 5.02 Å². The topological polar surface area (TPSA) is 17.1 Å². The second kappa shape index (κ2) is 7.67. The first-order chi connectivity index (χ1) is 10.2. The normalized spacial score (nSPS) is 12.1. The molecule has 0 aliphatic carbocycles. The second-order valence-electron chi connectivity index (χ2n) is 4.97. The van der Waals surface area contributed by atoms with Gasteiger partial charge in [-0.05, 0) is 42.5 Å². The van der Waals surface area contributed by atoms with E-state index in [1.165, 1.54) is 5.56 Å². The first kappa shape index (κ1) is 16.1. The lowest BCUT2D eigenvalue weighted by molar-refractivity contribution is 0.103. The van der Waals surface area contributed by atoms with Gasteiger partial charge in [-0.15, -0.1) is 0 Å². The maximum absolute atomic E-state index is 12.4. The van der Waals surface area contributed by atoms with Gasteiger partial charge in [0.2, 0.25) is 0 Å². The zero-order valence-corrected chi connectivity index (χ0v) is 13.9. The molecular weight excluding hydrogens is 300 g/mol. The van der Waals surface area contributed by atoms with Gasteiger partial charge in [-0.3, -0.25) is 4.79 Å². The lowest BCUT2D eigenvalue weighted by Gasteiger charge is -2.14. The third-order valence-corrected chi connectivity index (χ3v) is 4.82. The van der Waals surface area contributed by atoms with E-state index in [4.69, 9.17) is 11.6 Å². The molecule has 0 aliphatic rings.